The summed E-state index contributed by atoms with van der Waals surface area (Å²) in [5.74, 6) is 0. The van der Waals surface area contributed by atoms with E-state index in [1.165, 1.54) is 22.5 Å². The summed E-state index contributed by atoms with van der Waals surface area (Å²) < 4.78 is 0. The number of hydrogen-bond donors (Lipinski definition) is 4. The lowest BCUT2D eigenvalue weighted by Gasteiger charge is -2.22. The molecule has 0 spiro atoms. The summed E-state index contributed by atoms with van der Waals surface area (Å²) in [6, 6.07) is 36.4. The first-order valence-electron chi connectivity index (χ1n) is 17.2. The molecule has 51 heavy (non-hydrogen) atoms. The van der Waals surface area contributed by atoms with Gasteiger partial charge in [-0.3, -0.25) is 0 Å². The molecule has 4 aromatic carbocycles. The Morgan fingerprint density at radius 1 is 0.569 bits per heavy atom. The van der Waals surface area contributed by atoms with Crippen molar-refractivity contribution in [2.24, 2.45) is 0 Å². The first kappa shape index (κ1) is 51.4. The minimum atomic E-state index is 0. The molecule has 0 heterocycles. The van der Waals surface area contributed by atoms with Gasteiger partial charge < -0.3 is 69.1 Å². The molecule has 0 aliphatic heterocycles. The lowest BCUT2D eigenvalue weighted by atomic mass is 10.1. The number of rotatable bonds is 12. The fourth-order valence-electron chi connectivity index (χ4n) is 5.11. The van der Waals surface area contributed by atoms with Gasteiger partial charge in [0, 0.05) is 44.0 Å². The molecule has 0 aromatic heterocycles. The van der Waals surface area contributed by atoms with Crippen molar-refractivity contribution in [2.75, 3.05) is 54.4 Å². The Morgan fingerprint density at radius 2 is 1.00 bits per heavy atom. The summed E-state index contributed by atoms with van der Waals surface area (Å²) in [5.41, 5.74) is 16.6. The second-order valence-electron chi connectivity index (χ2n) is 10.6. The molecule has 0 saturated heterocycles. The zero-order chi connectivity index (χ0) is 35.6. The third-order valence-corrected chi connectivity index (χ3v) is 7.66. The number of quaternary nitrogens is 3. The predicted octanol–water partition coefficient (Wildman–Crippen LogP) is -3.68. The van der Waals surface area contributed by atoms with Crippen LogP contribution in [0.4, 0.5) is 22.7 Å². The highest BCUT2D eigenvalue weighted by Crippen LogP contribution is 2.19. The maximum Gasteiger partial charge on any atom is 0.138 e. The lowest BCUT2D eigenvalue weighted by Crippen LogP contribution is -3.00. The van der Waals surface area contributed by atoms with Gasteiger partial charge in [-0.05, 0) is 84.0 Å². The fourth-order valence-corrected chi connectivity index (χ4v) is 5.11. The smallest absolute Gasteiger partial charge is 0.138 e. The maximum atomic E-state index is 8.88. The van der Waals surface area contributed by atoms with Gasteiger partial charge in [-0.15, -0.1) is 0 Å². The van der Waals surface area contributed by atoms with Crippen LogP contribution in [0.5, 0.6) is 0 Å². The standard InChI is InChI=1S/C11H18N2.C11H14N2.C9H14N2.C9H10N2.3ClH/c2*1-3-13(4-2)11-8-6-5-7-10(11)9-12;2*1-2-11-9-6-4-3-5-8(9)7-10;;;/h5-8H,3-4,9,12H2,1-2H3;5-8H,3-4H2,1-2H3;3-6,11H,2,7,10H2,1H3;3-6,11H,2H2,1H3;3*1H. The number of nitriles is 2. The van der Waals surface area contributed by atoms with Crippen LogP contribution in [0.2, 0.25) is 0 Å². The molecular formula is C40H59Cl3N8. The van der Waals surface area contributed by atoms with E-state index in [0.717, 1.165) is 69.3 Å². The number of para-hydroxylation sites is 4. The molecule has 0 aliphatic rings. The van der Waals surface area contributed by atoms with Crippen LogP contribution in [0.15, 0.2) is 97.1 Å². The van der Waals surface area contributed by atoms with Crippen LogP contribution in [0, 0.1) is 22.7 Å². The van der Waals surface area contributed by atoms with Gasteiger partial charge in [0.1, 0.15) is 30.9 Å². The monoisotopic (exact) mass is 756 g/mol. The molecule has 4 aromatic rings. The average molecular weight is 758 g/mol. The minimum absolute atomic E-state index is 0. The van der Waals surface area contributed by atoms with E-state index in [2.05, 4.69) is 127 Å². The topological polar surface area (TPSA) is 138 Å². The maximum absolute atomic E-state index is 8.88. The summed E-state index contributed by atoms with van der Waals surface area (Å²) in [4.78, 5) is 4.54. The molecule has 0 atom stereocenters. The Labute approximate surface area is 326 Å². The Hall–Kier alpha value is -3.99. The Balaban J connectivity index is -0.000000592. The number of nitrogens with one attached hydrogen (secondary N) is 1. The molecule has 4 rings (SSSR count). The number of hydrogen-bond acceptors (Lipinski definition) is 5. The van der Waals surface area contributed by atoms with Crippen LogP contribution in [0.3, 0.4) is 0 Å². The van der Waals surface area contributed by atoms with Crippen molar-refractivity contribution in [1.29, 1.82) is 10.5 Å². The number of anilines is 3. The van der Waals surface area contributed by atoms with Crippen LogP contribution >= 0.6 is 0 Å². The van der Waals surface area contributed by atoms with E-state index in [4.69, 9.17) is 10.5 Å². The largest absolute Gasteiger partial charge is 1.00 e. The van der Waals surface area contributed by atoms with Crippen molar-refractivity contribution in [2.45, 2.75) is 54.6 Å². The normalized spacial score (nSPS) is 8.98. The Kier molecular flexibility index (Phi) is 32.2. The molecule has 0 fully saturated rings. The minimum Gasteiger partial charge on any atom is -1.00 e. The average Bonchev–Trinajstić information content (AvgIpc) is 3.14. The van der Waals surface area contributed by atoms with E-state index >= 15 is 0 Å². The summed E-state index contributed by atoms with van der Waals surface area (Å²) >= 11 is 0. The van der Waals surface area contributed by atoms with E-state index in [0.29, 0.717) is 5.56 Å². The van der Waals surface area contributed by atoms with Crippen LogP contribution < -0.4 is 69.1 Å². The van der Waals surface area contributed by atoms with Gasteiger partial charge in [0.2, 0.25) is 0 Å². The summed E-state index contributed by atoms with van der Waals surface area (Å²) in [5, 5.41) is 22.9. The van der Waals surface area contributed by atoms with Gasteiger partial charge in [-0.25, -0.2) is 0 Å². The van der Waals surface area contributed by atoms with Gasteiger partial charge in [0.15, 0.2) is 0 Å². The number of halogens is 3. The van der Waals surface area contributed by atoms with Crippen LogP contribution in [0.1, 0.15) is 63.8 Å². The van der Waals surface area contributed by atoms with Crippen molar-refractivity contribution in [3.8, 4) is 12.1 Å². The van der Waals surface area contributed by atoms with E-state index in [9.17, 15) is 0 Å². The zero-order valence-corrected chi connectivity index (χ0v) is 33.6. The number of nitrogens with zero attached hydrogens (tertiary/aromatic N) is 4. The van der Waals surface area contributed by atoms with Gasteiger partial charge in [-0.2, -0.15) is 10.5 Å². The van der Waals surface area contributed by atoms with E-state index in [1.54, 1.807) is 6.07 Å². The summed E-state index contributed by atoms with van der Waals surface area (Å²) in [7, 11) is 0. The number of benzene rings is 4. The highest BCUT2D eigenvalue weighted by Gasteiger charge is 2.07. The quantitative estimate of drug-likeness (QED) is 0.111. The molecule has 0 radical (unpaired) electrons. The Morgan fingerprint density at radius 3 is 1.49 bits per heavy atom. The summed E-state index contributed by atoms with van der Waals surface area (Å²) in [6.45, 7) is 20.4. The van der Waals surface area contributed by atoms with Crippen LogP contribution in [-0.2, 0) is 13.1 Å². The second kappa shape index (κ2) is 32.0. The van der Waals surface area contributed by atoms with E-state index in [1.807, 2.05) is 49.4 Å². The molecule has 0 bridgehead atoms. The van der Waals surface area contributed by atoms with Gasteiger partial charge >= 0.3 is 0 Å². The third kappa shape index (κ3) is 18.2. The second-order valence-corrected chi connectivity index (χ2v) is 10.6. The molecule has 0 aliphatic carbocycles. The lowest BCUT2D eigenvalue weighted by molar-refractivity contribution is -0.569. The highest BCUT2D eigenvalue weighted by molar-refractivity contribution is 5.59. The molecule has 280 valence electrons. The summed E-state index contributed by atoms with van der Waals surface area (Å²) in [6.07, 6.45) is 0. The molecule has 8 nitrogen and oxygen atoms in total. The van der Waals surface area contributed by atoms with Crippen LogP contribution in [-0.4, -0.2) is 39.3 Å². The van der Waals surface area contributed by atoms with Crippen molar-refractivity contribution >= 4 is 22.7 Å². The highest BCUT2D eigenvalue weighted by atomic mass is 35.5. The number of nitrogens with two attached hydrogens (primary N) is 1. The van der Waals surface area contributed by atoms with Crippen molar-refractivity contribution in [1.82, 2.24) is 0 Å². The molecule has 11 heteroatoms. The molecular weight excluding hydrogens is 699 g/mol. The Bertz CT molecular complexity index is 1530. The van der Waals surface area contributed by atoms with Crippen molar-refractivity contribution in [3.63, 3.8) is 0 Å². The molecule has 0 unspecified atom stereocenters. The first-order valence-corrected chi connectivity index (χ1v) is 17.2. The van der Waals surface area contributed by atoms with E-state index < -0.39 is 0 Å². The molecule has 0 saturated carbocycles. The molecule has 9 N–H and O–H groups in total. The van der Waals surface area contributed by atoms with Gasteiger partial charge in [0.25, 0.3) is 0 Å². The van der Waals surface area contributed by atoms with Crippen molar-refractivity contribution < 1.29 is 54.0 Å². The molecule has 0 amide bonds. The van der Waals surface area contributed by atoms with Gasteiger partial charge in [0.05, 0.1) is 34.6 Å². The predicted molar refractivity (Wildman–Crippen MR) is 202 cm³/mol. The SMILES string of the molecule is CCN(CC)c1ccccc1C#N.CCN(CC)c1ccccc1C[NH3+].CCNc1ccccc1C#N.CC[NH2+]c1ccccc1C[NH3+].[Cl-].[Cl-].[Cl-]. The van der Waals surface area contributed by atoms with Gasteiger partial charge in [-0.1, -0.05) is 54.6 Å². The first-order chi connectivity index (χ1) is 23.4. The third-order valence-electron chi connectivity index (χ3n) is 7.66. The van der Waals surface area contributed by atoms with Crippen LogP contribution in [0.25, 0.3) is 0 Å². The van der Waals surface area contributed by atoms with E-state index in [-0.39, 0.29) is 37.2 Å². The fraction of sp³-hybridized carbons (Fsp3) is 0.350. The zero-order valence-electron chi connectivity index (χ0n) is 31.3. The van der Waals surface area contributed by atoms with Crippen molar-refractivity contribution in [3.05, 3.63) is 119 Å².